The van der Waals surface area contributed by atoms with E-state index in [9.17, 15) is 4.39 Å². The number of rotatable bonds is 11. The van der Waals surface area contributed by atoms with E-state index in [0.717, 1.165) is 13.0 Å². The molecule has 5 heteroatoms. The zero-order valence-corrected chi connectivity index (χ0v) is 16.5. The van der Waals surface area contributed by atoms with Gasteiger partial charge in [-0.1, -0.05) is 45.4 Å². The summed E-state index contributed by atoms with van der Waals surface area (Å²) < 4.78 is 25.6. The highest BCUT2D eigenvalue weighted by molar-refractivity contribution is 9.10. The first-order chi connectivity index (χ1) is 10.4. The predicted octanol–water partition coefficient (Wildman–Crippen LogP) is 6.44. The molecular formula is C17H28BrFO2Si. The van der Waals surface area contributed by atoms with Crippen LogP contribution in [0.1, 0.15) is 51.9 Å². The smallest absolute Gasteiger partial charge is 0.392 e. The second-order valence-corrected chi connectivity index (χ2v) is 10.2. The highest BCUT2D eigenvalue weighted by atomic mass is 79.9. The van der Waals surface area contributed by atoms with E-state index in [-0.39, 0.29) is 5.82 Å². The zero-order valence-electron chi connectivity index (χ0n) is 14.0. The number of hydrogen-bond acceptors (Lipinski definition) is 2. The summed E-state index contributed by atoms with van der Waals surface area (Å²) in [6, 6.07) is 4.46. The van der Waals surface area contributed by atoms with E-state index in [4.69, 9.17) is 8.85 Å². The standard InChI is InChI=1S/C17H28BrFO2Si/c1-4-5-6-7-8-9-10-13-20-22(2,3)21-17-12-11-15(19)14-16(17)18/h11-12,14H,4-10,13H2,1-3H3. The van der Waals surface area contributed by atoms with Gasteiger partial charge in [0.15, 0.2) is 0 Å². The first kappa shape index (κ1) is 19.7. The van der Waals surface area contributed by atoms with Crippen molar-refractivity contribution < 1.29 is 13.2 Å². The lowest BCUT2D eigenvalue weighted by Gasteiger charge is -2.24. The maximum atomic E-state index is 13.1. The molecule has 0 bridgehead atoms. The van der Waals surface area contributed by atoms with Crippen LogP contribution in [-0.2, 0) is 4.43 Å². The van der Waals surface area contributed by atoms with E-state index in [2.05, 4.69) is 22.9 Å². The van der Waals surface area contributed by atoms with Gasteiger partial charge in [-0.2, -0.15) is 0 Å². The van der Waals surface area contributed by atoms with Crippen LogP contribution < -0.4 is 4.43 Å². The molecular weight excluding hydrogens is 363 g/mol. The summed E-state index contributed by atoms with van der Waals surface area (Å²) in [4.78, 5) is 0. The van der Waals surface area contributed by atoms with Crippen LogP contribution in [0.4, 0.5) is 4.39 Å². The Morgan fingerprint density at radius 3 is 2.32 bits per heavy atom. The van der Waals surface area contributed by atoms with Crippen molar-refractivity contribution in [3.05, 3.63) is 28.5 Å². The van der Waals surface area contributed by atoms with Gasteiger partial charge in [0.25, 0.3) is 0 Å². The Morgan fingerprint density at radius 2 is 1.68 bits per heavy atom. The first-order valence-corrected chi connectivity index (χ1v) is 11.8. The third kappa shape index (κ3) is 8.29. The SMILES string of the molecule is CCCCCCCCCO[Si](C)(C)Oc1ccc(F)cc1Br. The van der Waals surface area contributed by atoms with Crippen molar-refractivity contribution in [3.63, 3.8) is 0 Å². The van der Waals surface area contributed by atoms with Crippen LogP contribution in [-0.4, -0.2) is 15.2 Å². The van der Waals surface area contributed by atoms with Crippen LogP contribution in [0.3, 0.4) is 0 Å². The van der Waals surface area contributed by atoms with Crippen molar-refractivity contribution in [2.45, 2.75) is 65.0 Å². The minimum absolute atomic E-state index is 0.275. The topological polar surface area (TPSA) is 18.5 Å². The lowest BCUT2D eigenvalue weighted by atomic mass is 10.1. The molecule has 0 spiro atoms. The Kier molecular flexibility index (Phi) is 9.29. The molecule has 0 amide bonds. The molecule has 0 aromatic heterocycles. The summed E-state index contributed by atoms with van der Waals surface area (Å²) in [6.07, 6.45) is 8.89. The van der Waals surface area contributed by atoms with Gasteiger partial charge in [0.05, 0.1) is 4.47 Å². The van der Waals surface area contributed by atoms with Gasteiger partial charge in [0.2, 0.25) is 0 Å². The van der Waals surface area contributed by atoms with Gasteiger partial charge in [-0.25, -0.2) is 4.39 Å². The predicted molar refractivity (Wildman–Crippen MR) is 96.2 cm³/mol. The largest absolute Gasteiger partial charge is 0.519 e. The third-order valence-corrected chi connectivity index (χ3v) is 5.68. The molecule has 1 aromatic rings. The lowest BCUT2D eigenvalue weighted by molar-refractivity contribution is 0.240. The fourth-order valence-electron chi connectivity index (χ4n) is 2.23. The average molecular weight is 391 g/mol. The van der Waals surface area contributed by atoms with Crippen LogP contribution in [0.2, 0.25) is 13.1 Å². The van der Waals surface area contributed by atoms with Crippen molar-refractivity contribution >= 4 is 24.5 Å². The van der Waals surface area contributed by atoms with Gasteiger partial charge in [0.1, 0.15) is 11.6 Å². The van der Waals surface area contributed by atoms with E-state index < -0.39 is 8.56 Å². The molecule has 126 valence electrons. The number of unbranched alkanes of at least 4 members (excludes halogenated alkanes) is 6. The van der Waals surface area contributed by atoms with E-state index in [1.165, 1.54) is 50.7 Å². The average Bonchev–Trinajstić information content (AvgIpc) is 2.45. The van der Waals surface area contributed by atoms with Crippen molar-refractivity contribution in [1.82, 2.24) is 0 Å². The number of benzene rings is 1. The van der Waals surface area contributed by atoms with Crippen LogP contribution in [0.15, 0.2) is 22.7 Å². The van der Waals surface area contributed by atoms with E-state index in [1.807, 2.05) is 13.1 Å². The normalized spacial score (nSPS) is 11.7. The summed E-state index contributed by atoms with van der Waals surface area (Å²) >= 11 is 3.32. The van der Waals surface area contributed by atoms with Crippen molar-refractivity contribution in [2.24, 2.45) is 0 Å². The van der Waals surface area contributed by atoms with E-state index in [1.54, 1.807) is 6.07 Å². The molecule has 0 saturated heterocycles. The first-order valence-electron chi connectivity index (χ1n) is 8.22. The van der Waals surface area contributed by atoms with Gasteiger partial charge >= 0.3 is 8.56 Å². The quantitative estimate of drug-likeness (QED) is 0.319. The summed E-state index contributed by atoms with van der Waals surface area (Å²) in [6.45, 7) is 7.01. The summed E-state index contributed by atoms with van der Waals surface area (Å²) in [7, 11) is -2.23. The minimum Gasteiger partial charge on any atom is -0.519 e. The van der Waals surface area contributed by atoms with Crippen LogP contribution in [0.25, 0.3) is 0 Å². The Hall–Kier alpha value is -0.393. The van der Waals surface area contributed by atoms with Crippen molar-refractivity contribution in [1.29, 1.82) is 0 Å². The van der Waals surface area contributed by atoms with Gasteiger partial charge in [-0.15, -0.1) is 0 Å². The molecule has 22 heavy (non-hydrogen) atoms. The van der Waals surface area contributed by atoms with E-state index >= 15 is 0 Å². The third-order valence-electron chi connectivity index (χ3n) is 3.45. The molecule has 0 atom stereocenters. The molecule has 0 fully saturated rings. The molecule has 0 radical (unpaired) electrons. The molecule has 0 aliphatic rings. The molecule has 0 aliphatic carbocycles. The minimum atomic E-state index is -2.23. The molecule has 0 N–H and O–H groups in total. The molecule has 0 heterocycles. The second kappa shape index (κ2) is 10.4. The Labute approximate surface area is 143 Å². The second-order valence-electron chi connectivity index (χ2n) is 6.05. The number of hydrogen-bond donors (Lipinski definition) is 0. The lowest BCUT2D eigenvalue weighted by Crippen LogP contribution is -2.38. The van der Waals surface area contributed by atoms with Crippen LogP contribution >= 0.6 is 15.9 Å². The number of halogens is 2. The van der Waals surface area contributed by atoms with Crippen molar-refractivity contribution in [3.8, 4) is 5.75 Å². The maximum absolute atomic E-state index is 13.1. The summed E-state index contributed by atoms with van der Waals surface area (Å²) in [5.74, 6) is 0.375. The van der Waals surface area contributed by atoms with Gasteiger partial charge in [0, 0.05) is 6.61 Å². The maximum Gasteiger partial charge on any atom is 0.392 e. The van der Waals surface area contributed by atoms with Crippen LogP contribution in [0.5, 0.6) is 5.75 Å². The highest BCUT2D eigenvalue weighted by Crippen LogP contribution is 2.28. The highest BCUT2D eigenvalue weighted by Gasteiger charge is 2.27. The summed E-state index contributed by atoms with van der Waals surface area (Å²) in [5, 5.41) is 0. The molecule has 1 aromatic carbocycles. The van der Waals surface area contributed by atoms with E-state index in [0.29, 0.717) is 10.2 Å². The van der Waals surface area contributed by atoms with Gasteiger partial charge in [-0.05, 0) is 53.6 Å². The Morgan fingerprint density at radius 1 is 1.05 bits per heavy atom. The van der Waals surface area contributed by atoms with Gasteiger partial charge < -0.3 is 8.85 Å². The Balaban J connectivity index is 2.23. The molecule has 0 aliphatic heterocycles. The summed E-state index contributed by atoms with van der Waals surface area (Å²) in [5.41, 5.74) is 0. The van der Waals surface area contributed by atoms with Crippen molar-refractivity contribution in [2.75, 3.05) is 6.61 Å². The molecule has 0 saturated carbocycles. The molecule has 1 rings (SSSR count). The fourth-order valence-corrected chi connectivity index (χ4v) is 4.21. The monoisotopic (exact) mass is 390 g/mol. The molecule has 0 unspecified atom stereocenters. The fraction of sp³-hybridized carbons (Fsp3) is 0.647. The van der Waals surface area contributed by atoms with Crippen LogP contribution in [0, 0.1) is 5.82 Å². The zero-order chi connectivity index (χ0) is 16.4. The van der Waals surface area contributed by atoms with Gasteiger partial charge in [-0.3, -0.25) is 0 Å². The molecule has 2 nitrogen and oxygen atoms in total. The Bertz CT molecular complexity index is 441.